The van der Waals surface area contributed by atoms with Crippen molar-refractivity contribution >= 4 is 0 Å². The van der Waals surface area contributed by atoms with Crippen molar-refractivity contribution in [2.24, 2.45) is 5.41 Å². The number of nitrogens with zero attached hydrogens (tertiary/aromatic N) is 1. The fourth-order valence-corrected chi connectivity index (χ4v) is 4.61. The van der Waals surface area contributed by atoms with Gasteiger partial charge in [-0.3, -0.25) is 0 Å². The van der Waals surface area contributed by atoms with E-state index in [2.05, 4.69) is 10.2 Å². The summed E-state index contributed by atoms with van der Waals surface area (Å²) in [6, 6.07) is 0.833. The average molecular weight is 264 g/mol. The molecule has 19 heavy (non-hydrogen) atoms. The number of likely N-dealkylation sites (tertiary alicyclic amines) is 1. The summed E-state index contributed by atoms with van der Waals surface area (Å²) in [6.07, 6.45) is 16.2. The van der Waals surface area contributed by atoms with Crippen LogP contribution < -0.4 is 5.32 Å². The first-order valence-corrected chi connectivity index (χ1v) is 8.82. The van der Waals surface area contributed by atoms with Crippen LogP contribution in [0.15, 0.2) is 0 Å². The Labute approximate surface area is 119 Å². The molecule has 1 saturated heterocycles. The van der Waals surface area contributed by atoms with Crippen molar-refractivity contribution in [1.82, 2.24) is 10.2 Å². The van der Waals surface area contributed by atoms with Crippen LogP contribution in [0.3, 0.4) is 0 Å². The zero-order chi connectivity index (χ0) is 13.0. The van der Waals surface area contributed by atoms with E-state index in [1.807, 2.05) is 0 Å². The maximum absolute atomic E-state index is 3.79. The molecule has 0 atom stereocenters. The second-order valence-electron chi connectivity index (χ2n) is 7.34. The van der Waals surface area contributed by atoms with Gasteiger partial charge in [0.1, 0.15) is 0 Å². The van der Waals surface area contributed by atoms with Crippen molar-refractivity contribution in [3.8, 4) is 0 Å². The van der Waals surface area contributed by atoms with Gasteiger partial charge in [-0.2, -0.15) is 0 Å². The molecule has 0 aromatic rings. The van der Waals surface area contributed by atoms with E-state index in [0.29, 0.717) is 0 Å². The molecule has 3 rings (SSSR count). The smallest absolute Gasteiger partial charge is 0.0107 e. The Kier molecular flexibility index (Phi) is 4.81. The fourth-order valence-electron chi connectivity index (χ4n) is 4.61. The molecule has 0 aromatic heterocycles. The van der Waals surface area contributed by atoms with Crippen LogP contribution in [0.1, 0.15) is 70.6 Å². The Morgan fingerprint density at radius 1 is 0.842 bits per heavy atom. The maximum Gasteiger partial charge on any atom is 0.0107 e. The molecule has 0 bridgehead atoms. The molecule has 0 unspecified atom stereocenters. The molecule has 3 fully saturated rings. The molecule has 2 nitrogen and oxygen atoms in total. The van der Waals surface area contributed by atoms with Crippen molar-refractivity contribution in [1.29, 1.82) is 0 Å². The van der Waals surface area contributed by atoms with Crippen LogP contribution in [0.25, 0.3) is 0 Å². The third-order valence-electron chi connectivity index (χ3n) is 6.05. The van der Waals surface area contributed by atoms with Gasteiger partial charge in [0.25, 0.3) is 0 Å². The van der Waals surface area contributed by atoms with E-state index < -0.39 is 0 Å². The summed E-state index contributed by atoms with van der Waals surface area (Å²) in [4.78, 5) is 2.71. The molecular formula is C17H32N2. The van der Waals surface area contributed by atoms with E-state index in [1.165, 1.54) is 96.8 Å². The zero-order valence-electron chi connectivity index (χ0n) is 12.6. The monoisotopic (exact) mass is 264 g/mol. The molecule has 3 aliphatic rings. The van der Waals surface area contributed by atoms with Crippen LogP contribution in [-0.2, 0) is 0 Å². The predicted molar refractivity (Wildman–Crippen MR) is 81.5 cm³/mol. The molecule has 110 valence electrons. The maximum atomic E-state index is 3.79. The van der Waals surface area contributed by atoms with E-state index in [-0.39, 0.29) is 0 Å². The van der Waals surface area contributed by atoms with Crippen molar-refractivity contribution in [3.05, 3.63) is 0 Å². The highest BCUT2D eigenvalue weighted by molar-refractivity contribution is 4.89. The summed E-state index contributed by atoms with van der Waals surface area (Å²) in [7, 11) is 0. The second-order valence-corrected chi connectivity index (χ2v) is 7.34. The minimum Gasteiger partial charge on any atom is -0.313 e. The molecule has 1 N–H and O–H groups in total. The van der Waals surface area contributed by atoms with E-state index in [1.54, 1.807) is 0 Å². The standard InChI is InChI=1S/C17H32N2/c1-2-6-16(7-3-1)18-12-15-19-13-10-17(11-14-19)8-4-5-9-17/h16,18H,1-15H2. The third-order valence-corrected chi connectivity index (χ3v) is 6.05. The first-order valence-electron chi connectivity index (χ1n) is 8.82. The number of hydrogen-bond donors (Lipinski definition) is 1. The first kappa shape index (κ1) is 13.9. The van der Waals surface area contributed by atoms with Gasteiger partial charge >= 0.3 is 0 Å². The summed E-state index contributed by atoms with van der Waals surface area (Å²) >= 11 is 0. The van der Waals surface area contributed by atoms with Gasteiger partial charge in [-0.15, -0.1) is 0 Å². The number of hydrogen-bond acceptors (Lipinski definition) is 2. The summed E-state index contributed by atoms with van der Waals surface area (Å²) in [5.41, 5.74) is 0.785. The molecule has 2 heteroatoms. The van der Waals surface area contributed by atoms with Gasteiger partial charge in [-0.1, -0.05) is 32.1 Å². The highest BCUT2D eigenvalue weighted by Gasteiger charge is 2.36. The lowest BCUT2D eigenvalue weighted by Crippen LogP contribution is -2.43. The number of nitrogens with one attached hydrogen (secondary N) is 1. The van der Waals surface area contributed by atoms with E-state index in [9.17, 15) is 0 Å². The molecular weight excluding hydrogens is 232 g/mol. The molecule has 1 aliphatic heterocycles. The molecule has 1 heterocycles. The van der Waals surface area contributed by atoms with E-state index >= 15 is 0 Å². The van der Waals surface area contributed by atoms with E-state index in [4.69, 9.17) is 0 Å². The van der Waals surface area contributed by atoms with Gasteiger partial charge < -0.3 is 10.2 Å². The average Bonchev–Trinajstić information content (AvgIpc) is 2.91. The molecule has 0 amide bonds. The van der Waals surface area contributed by atoms with Crippen LogP contribution in [0.4, 0.5) is 0 Å². The first-order chi connectivity index (χ1) is 9.36. The quantitative estimate of drug-likeness (QED) is 0.835. The molecule has 0 radical (unpaired) electrons. The molecule has 0 aromatic carbocycles. The van der Waals surface area contributed by atoms with Gasteiger partial charge in [0, 0.05) is 19.1 Å². The van der Waals surface area contributed by atoms with Crippen molar-refractivity contribution in [3.63, 3.8) is 0 Å². The number of rotatable bonds is 4. The topological polar surface area (TPSA) is 15.3 Å². The Bertz CT molecular complexity index is 254. The summed E-state index contributed by atoms with van der Waals surface area (Å²) in [6.45, 7) is 5.24. The van der Waals surface area contributed by atoms with E-state index in [0.717, 1.165) is 11.5 Å². The molecule has 2 saturated carbocycles. The van der Waals surface area contributed by atoms with Gasteiger partial charge in [-0.05, 0) is 57.0 Å². The summed E-state index contributed by atoms with van der Waals surface area (Å²) < 4.78 is 0. The fraction of sp³-hybridized carbons (Fsp3) is 1.00. The Hall–Kier alpha value is -0.0800. The minimum absolute atomic E-state index is 0.785. The van der Waals surface area contributed by atoms with Crippen molar-refractivity contribution < 1.29 is 0 Å². The van der Waals surface area contributed by atoms with Crippen LogP contribution in [0, 0.1) is 5.41 Å². The van der Waals surface area contributed by atoms with Gasteiger partial charge in [0.05, 0.1) is 0 Å². The van der Waals surface area contributed by atoms with Crippen LogP contribution in [0.5, 0.6) is 0 Å². The summed E-state index contributed by atoms with van der Waals surface area (Å²) in [5, 5.41) is 3.79. The lowest BCUT2D eigenvalue weighted by atomic mass is 9.77. The SMILES string of the molecule is C1CCC(NCCN2CCC3(CCCC3)CC2)CC1. The zero-order valence-corrected chi connectivity index (χ0v) is 12.6. The van der Waals surface area contributed by atoms with Crippen LogP contribution >= 0.6 is 0 Å². The second kappa shape index (κ2) is 6.58. The Morgan fingerprint density at radius 3 is 2.21 bits per heavy atom. The lowest BCUT2D eigenvalue weighted by Gasteiger charge is -2.39. The van der Waals surface area contributed by atoms with Crippen molar-refractivity contribution in [2.45, 2.75) is 76.7 Å². The number of piperidine rings is 1. The van der Waals surface area contributed by atoms with Crippen molar-refractivity contribution in [2.75, 3.05) is 26.2 Å². The lowest BCUT2D eigenvalue weighted by molar-refractivity contribution is 0.108. The van der Waals surface area contributed by atoms with Gasteiger partial charge in [-0.25, -0.2) is 0 Å². The van der Waals surface area contributed by atoms with Crippen LogP contribution in [-0.4, -0.2) is 37.1 Å². The van der Waals surface area contributed by atoms with Gasteiger partial charge in [0.2, 0.25) is 0 Å². The normalized spacial score (nSPS) is 29.1. The largest absolute Gasteiger partial charge is 0.313 e. The third kappa shape index (κ3) is 3.72. The highest BCUT2D eigenvalue weighted by atomic mass is 15.1. The Morgan fingerprint density at radius 2 is 1.53 bits per heavy atom. The molecule has 2 aliphatic carbocycles. The van der Waals surface area contributed by atoms with Crippen LogP contribution in [0.2, 0.25) is 0 Å². The minimum atomic E-state index is 0.785. The molecule has 1 spiro atoms. The van der Waals surface area contributed by atoms with Gasteiger partial charge in [0.15, 0.2) is 0 Å². The predicted octanol–water partition coefficient (Wildman–Crippen LogP) is 3.56. The highest BCUT2D eigenvalue weighted by Crippen LogP contribution is 2.45. The Balaban J connectivity index is 1.31. The summed E-state index contributed by atoms with van der Waals surface area (Å²) in [5.74, 6) is 0.